The van der Waals surface area contributed by atoms with Gasteiger partial charge in [0.15, 0.2) is 22.7 Å². The highest BCUT2D eigenvalue weighted by Gasteiger charge is 2.84. The largest absolute Gasteiger partial charge is 0.482 e. The number of ketones is 1. The number of methoxy groups -OCH3 is 1. The van der Waals surface area contributed by atoms with Crippen LogP contribution in [0.5, 0.6) is 17.2 Å². The van der Waals surface area contributed by atoms with Crippen molar-refractivity contribution in [3.63, 3.8) is 0 Å². The zero-order chi connectivity index (χ0) is 40.7. The van der Waals surface area contributed by atoms with Gasteiger partial charge in [-0.3, -0.25) is 15.0 Å². The van der Waals surface area contributed by atoms with Crippen LogP contribution in [-0.2, 0) is 35.0 Å². The zero-order valence-corrected chi connectivity index (χ0v) is 34.2. The van der Waals surface area contributed by atoms with E-state index in [0.29, 0.717) is 41.7 Å². The number of carbonyl (C=O) groups excluding carboxylic acids is 3. The molecule has 3 aliphatic carbocycles. The monoisotopic (exact) mass is 784 g/mol. The summed E-state index contributed by atoms with van der Waals surface area (Å²) in [7, 11) is 1.29. The third-order valence-corrected chi connectivity index (χ3v) is 12.6. The standard InChI is InChI=1S/C44H49ClN2O9/c1-22(2)11-10-16-42(8)17-15-26-34(54-42)25(13-12-23(3)4)36-32(35(26)52-30(48)20-45)37-33-31(28(21-46)39(47)53-37)27-19-29-41(6,7)56-43(38(27)49,44(29,33)55-36)18-14-24(5)40(50)51-9/h11-12,14-15,17,27-29,31,47H,10,13,16,18-20H2,1-9H3. The van der Waals surface area contributed by atoms with Gasteiger partial charge in [-0.2, -0.15) is 5.26 Å². The van der Waals surface area contributed by atoms with Gasteiger partial charge in [0.05, 0.1) is 24.3 Å². The number of Topliss-reactive ketones (excluding diaryl/α,β-unsaturated/α-hetero) is 1. The second-order valence-corrected chi connectivity index (χ2v) is 17.2. The van der Waals surface area contributed by atoms with Crippen LogP contribution in [0.4, 0.5) is 0 Å². The first kappa shape index (κ1) is 39.6. The van der Waals surface area contributed by atoms with Crippen LogP contribution in [0.2, 0.25) is 0 Å². The van der Waals surface area contributed by atoms with E-state index in [1.54, 1.807) is 13.0 Å². The van der Waals surface area contributed by atoms with Gasteiger partial charge >= 0.3 is 11.9 Å². The maximum Gasteiger partial charge on any atom is 0.333 e. The Labute approximate surface area is 332 Å². The van der Waals surface area contributed by atoms with Gasteiger partial charge in [0.25, 0.3) is 0 Å². The number of allylic oxidation sites excluding steroid dienone is 4. The zero-order valence-electron chi connectivity index (χ0n) is 33.4. The van der Waals surface area contributed by atoms with Gasteiger partial charge in [-0.1, -0.05) is 29.4 Å². The first-order valence-electron chi connectivity index (χ1n) is 19.1. The molecule has 56 heavy (non-hydrogen) atoms. The molecule has 1 spiro atoms. The van der Waals surface area contributed by atoms with Crippen molar-refractivity contribution >= 4 is 47.1 Å². The SMILES string of the molecule is COC(=O)C(C)=CCC12OC(C)(C)C3CC(C1=O)C1C4=C(OC(=N)C1C#N)c1c(OC(=O)CCl)c5c(c(CC=C(C)C)c1OC432)OC(C)(CCC=C(C)C)C=C5. The minimum atomic E-state index is -1.67. The number of esters is 2. The summed E-state index contributed by atoms with van der Waals surface area (Å²) in [6.45, 7) is 15.5. The molecule has 12 heteroatoms. The van der Waals surface area contributed by atoms with Gasteiger partial charge in [-0.25, -0.2) is 4.79 Å². The molecule has 7 aliphatic rings. The first-order valence-corrected chi connectivity index (χ1v) is 19.7. The van der Waals surface area contributed by atoms with Gasteiger partial charge in [0.2, 0.25) is 5.90 Å². The molecule has 4 heterocycles. The van der Waals surface area contributed by atoms with E-state index >= 15 is 4.79 Å². The van der Waals surface area contributed by atoms with Crippen molar-refractivity contribution in [3.05, 3.63) is 63.3 Å². The molecule has 1 saturated heterocycles. The molecule has 0 aromatic heterocycles. The summed E-state index contributed by atoms with van der Waals surface area (Å²) >= 11 is 6.07. The molecule has 1 aromatic rings. The Bertz CT molecular complexity index is 2160. The van der Waals surface area contributed by atoms with Crippen LogP contribution in [-0.4, -0.2) is 59.0 Å². The van der Waals surface area contributed by atoms with Crippen LogP contribution in [0.15, 0.2) is 46.6 Å². The molecule has 0 radical (unpaired) electrons. The molecule has 4 fully saturated rings. The lowest BCUT2D eigenvalue weighted by Crippen LogP contribution is -2.75. The predicted molar refractivity (Wildman–Crippen MR) is 209 cm³/mol. The Hall–Kier alpha value is -4.66. The molecule has 4 bridgehead atoms. The highest BCUT2D eigenvalue weighted by Crippen LogP contribution is 2.74. The third-order valence-electron chi connectivity index (χ3n) is 12.4. The Morgan fingerprint density at radius 3 is 2.43 bits per heavy atom. The van der Waals surface area contributed by atoms with Gasteiger partial charge in [-0.05, 0) is 93.2 Å². The summed E-state index contributed by atoms with van der Waals surface area (Å²) in [4.78, 5) is 41.1. The summed E-state index contributed by atoms with van der Waals surface area (Å²) in [5.41, 5.74) is -0.511. The van der Waals surface area contributed by atoms with E-state index in [1.807, 2.05) is 66.7 Å². The van der Waals surface area contributed by atoms with E-state index in [-0.39, 0.29) is 46.5 Å². The average molecular weight is 785 g/mol. The van der Waals surface area contributed by atoms with E-state index < -0.39 is 63.9 Å². The molecular formula is C44H49ClN2O9. The number of nitrogens with zero attached hydrogens (tertiary/aromatic N) is 1. The number of nitriles is 1. The molecule has 4 aliphatic heterocycles. The van der Waals surface area contributed by atoms with Gasteiger partial charge in [-0.15, -0.1) is 11.6 Å². The number of benzene rings is 1. The van der Waals surface area contributed by atoms with Crippen molar-refractivity contribution in [1.82, 2.24) is 0 Å². The quantitative estimate of drug-likeness (QED) is 0.0809. The lowest BCUT2D eigenvalue weighted by atomic mass is 9.44. The van der Waals surface area contributed by atoms with E-state index in [1.165, 1.54) is 12.7 Å². The number of halogens is 1. The topological polar surface area (TPSA) is 154 Å². The lowest BCUT2D eigenvalue weighted by molar-refractivity contribution is -0.183. The number of ether oxygens (including phenoxy) is 6. The van der Waals surface area contributed by atoms with Crippen molar-refractivity contribution in [2.75, 3.05) is 13.0 Å². The maximum absolute atomic E-state index is 15.2. The number of nitrogens with one attached hydrogen (secondary N) is 1. The molecule has 7 atom stereocenters. The van der Waals surface area contributed by atoms with Gasteiger partial charge < -0.3 is 28.4 Å². The van der Waals surface area contributed by atoms with E-state index in [9.17, 15) is 14.9 Å². The van der Waals surface area contributed by atoms with Crippen LogP contribution < -0.4 is 14.2 Å². The van der Waals surface area contributed by atoms with Crippen LogP contribution in [0, 0.1) is 40.4 Å². The molecule has 8 rings (SSSR count). The number of hydrogen-bond donors (Lipinski definition) is 1. The Kier molecular flexibility index (Phi) is 9.73. The summed E-state index contributed by atoms with van der Waals surface area (Å²) in [6, 6.07) is 2.26. The molecule has 7 unspecified atom stereocenters. The molecule has 0 amide bonds. The number of rotatable bonds is 10. The predicted octanol–water partition coefficient (Wildman–Crippen LogP) is 8.13. The summed E-state index contributed by atoms with van der Waals surface area (Å²) in [6.07, 6.45) is 11.7. The third kappa shape index (κ3) is 5.69. The van der Waals surface area contributed by atoms with Crippen molar-refractivity contribution in [3.8, 4) is 23.3 Å². The minimum absolute atomic E-state index is 0.0410. The molecule has 296 valence electrons. The second kappa shape index (κ2) is 13.8. The second-order valence-electron chi connectivity index (χ2n) is 17.0. The molecular weight excluding hydrogens is 736 g/mol. The average Bonchev–Trinajstić information content (AvgIpc) is 3.28. The first-order chi connectivity index (χ1) is 26.4. The van der Waals surface area contributed by atoms with Gasteiger partial charge in [0, 0.05) is 40.9 Å². The van der Waals surface area contributed by atoms with Gasteiger partial charge in [0.1, 0.15) is 40.2 Å². The smallest absolute Gasteiger partial charge is 0.333 e. The van der Waals surface area contributed by atoms with Crippen molar-refractivity contribution in [2.45, 2.75) is 110 Å². The summed E-state index contributed by atoms with van der Waals surface area (Å²) in [5, 5.41) is 19.7. The fourth-order valence-corrected chi connectivity index (χ4v) is 9.96. The Morgan fingerprint density at radius 1 is 1.07 bits per heavy atom. The van der Waals surface area contributed by atoms with Crippen LogP contribution in [0.1, 0.15) is 97.8 Å². The molecule has 1 aromatic carbocycles. The summed E-state index contributed by atoms with van der Waals surface area (Å²) in [5.74, 6) is -4.39. The molecule has 3 saturated carbocycles. The fourth-order valence-electron chi connectivity index (χ4n) is 9.91. The number of carbonyl (C=O) groups is 3. The number of fused-ring (bicyclic) bond motifs is 3. The number of hydrogen-bond acceptors (Lipinski definition) is 11. The fraction of sp³-hybridized carbons (Fsp3) is 0.523. The summed E-state index contributed by atoms with van der Waals surface area (Å²) < 4.78 is 39.2. The van der Waals surface area contributed by atoms with Crippen molar-refractivity contribution in [2.24, 2.45) is 23.7 Å². The van der Waals surface area contributed by atoms with E-state index in [0.717, 1.165) is 12.0 Å². The van der Waals surface area contributed by atoms with Crippen LogP contribution >= 0.6 is 11.6 Å². The molecule has 11 nitrogen and oxygen atoms in total. The minimum Gasteiger partial charge on any atom is -0.482 e. The maximum atomic E-state index is 15.2. The van der Waals surface area contributed by atoms with Crippen LogP contribution in [0.25, 0.3) is 11.8 Å². The van der Waals surface area contributed by atoms with Crippen molar-refractivity contribution < 1.29 is 42.8 Å². The van der Waals surface area contributed by atoms with E-state index in [4.69, 9.17) is 45.4 Å². The molecule has 1 N–H and O–H groups in total. The normalized spacial score (nSPS) is 31.1. The highest BCUT2D eigenvalue weighted by atomic mass is 35.5. The van der Waals surface area contributed by atoms with Crippen LogP contribution in [0.3, 0.4) is 0 Å². The lowest BCUT2D eigenvalue weighted by Gasteiger charge is -2.62. The number of alkyl halides is 1. The van der Waals surface area contributed by atoms with Crippen molar-refractivity contribution in [1.29, 1.82) is 10.7 Å². The highest BCUT2D eigenvalue weighted by molar-refractivity contribution is 6.26. The van der Waals surface area contributed by atoms with E-state index in [2.05, 4.69) is 12.1 Å². The Balaban J connectivity index is 1.59. The Morgan fingerprint density at radius 2 is 1.79 bits per heavy atom.